The van der Waals surface area contributed by atoms with E-state index in [1.54, 1.807) is 19.5 Å². The maximum Gasteiger partial charge on any atom is 0.265 e. The summed E-state index contributed by atoms with van der Waals surface area (Å²) in [6, 6.07) is 3.79. The van der Waals surface area contributed by atoms with Crippen molar-refractivity contribution < 1.29 is 4.74 Å². The lowest BCUT2D eigenvalue weighted by Crippen LogP contribution is -2.16. The van der Waals surface area contributed by atoms with Crippen LogP contribution < -0.4 is 5.56 Å². The summed E-state index contributed by atoms with van der Waals surface area (Å²) in [7, 11) is 1.57. The second-order valence-corrected chi connectivity index (χ2v) is 4.54. The molecule has 0 amide bonds. The average Bonchev–Trinajstić information content (AvgIpc) is 2.37. The van der Waals surface area contributed by atoms with Crippen LogP contribution in [-0.2, 0) is 17.8 Å². The van der Waals surface area contributed by atoms with E-state index >= 15 is 0 Å². The van der Waals surface area contributed by atoms with Crippen molar-refractivity contribution in [2.75, 3.05) is 7.11 Å². The van der Waals surface area contributed by atoms with Gasteiger partial charge in [0.1, 0.15) is 10.3 Å². The first-order valence-corrected chi connectivity index (χ1v) is 6.15. The van der Waals surface area contributed by atoms with Crippen LogP contribution in [0.15, 0.2) is 33.8 Å². The molecule has 0 aliphatic heterocycles. The Balaban J connectivity index is 2.32. The Morgan fingerprint density at radius 1 is 1.50 bits per heavy atom. The third kappa shape index (κ3) is 3.02. The van der Waals surface area contributed by atoms with Crippen molar-refractivity contribution in [3.05, 3.63) is 56.4 Å². The van der Waals surface area contributed by atoms with Crippen LogP contribution in [0.3, 0.4) is 0 Å². The number of hydrogen-bond donors (Lipinski definition) is 1. The van der Waals surface area contributed by atoms with Crippen LogP contribution in [0.5, 0.6) is 0 Å². The van der Waals surface area contributed by atoms with Crippen molar-refractivity contribution in [2.24, 2.45) is 0 Å². The standard InChI is InChI=1S/C12H12BrN3O2/c1-18-7-9-11(13)12(17)16-10(15-9)5-8-3-2-4-14-6-8/h2-4,6H,5,7H2,1H3,(H,15,16,17). The first kappa shape index (κ1) is 12.9. The maximum absolute atomic E-state index is 11.7. The van der Waals surface area contributed by atoms with E-state index in [2.05, 4.69) is 30.9 Å². The number of pyridine rings is 1. The molecule has 2 aromatic heterocycles. The first-order chi connectivity index (χ1) is 8.70. The van der Waals surface area contributed by atoms with Gasteiger partial charge < -0.3 is 9.72 Å². The molecule has 2 rings (SSSR count). The molecule has 0 saturated heterocycles. The number of nitrogens with zero attached hydrogens (tertiary/aromatic N) is 2. The molecule has 0 bridgehead atoms. The highest BCUT2D eigenvalue weighted by Crippen LogP contribution is 2.11. The number of methoxy groups -OCH3 is 1. The molecule has 2 heterocycles. The van der Waals surface area contributed by atoms with E-state index in [0.29, 0.717) is 29.0 Å². The van der Waals surface area contributed by atoms with Crippen molar-refractivity contribution in [3.8, 4) is 0 Å². The van der Waals surface area contributed by atoms with Crippen molar-refractivity contribution in [2.45, 2.75) is 13.0 Å². The van der Waals surface area contributed by atoms with Crippen molar-refractivity contribution in [3.63, 3.8) is 0 Å². The normalized spacial score (nSPS) is 10.6. The summed E-state index contributed by atoms with van der Waals surface area (Å²) in [5.41, 5.74) is 1.39. The molecule has 0 aliphatic rings. The Morgan fingerprint density at radius 2 is 2.33 bits per heavy atom. The Kier molecular flexibility index (Phi) is 4.22. The highest BCUT2D eigenvalue weighted by atomic mass is 79.9. The number of ether oxygens (including phenoxy) is 1. The summed E-state index contributed by atoms with van der Waals surface area (Å²) in [5.74, 6) is 0.600. The topological polar surface area (TPSA) is 67.9 Å². The molecule has 0 saturated carbocycles. The van der Waals surface area contributed by atoms with Gasteiger partial charge in [0.05, 0.1) is 12.3 Å². The molecule has 0 aromatic carbocycles. The van der Waals surface area contributed by atoms with Crippen molar-refractivity contribution in [1.29, 1.82) is 0 Å². The maximum atomic E-state index is 11.7. The second-order valence-electron chi connectivity index (χ2n) is 3.74. The molecule has 1 N–H and O–H groups in total. The summed E-state index contributed by atoms with van der Waals surface area (Å²) in [4.78, 5) is 22.8. The van der Waals surface area contributed by atoms with Crippen LogP contribution in [0, 0.1) is 0 Å². The van der Waals surface area contributed by atoms with E-state index in [1.165, 1.54) is 0 Å². The lowest BCUT2D eigenvalue weighted by atomic mass is 10.2. The molecular weight excluding hydrogens is 298 g/mol. The van der Waals surface area contributed by atoms with E-state index in [4.69, 9.17) is 4.74 Å². The van der Waals surface area contributed by atoms with Crippen LogP contribution in [0.25, 0.3) is 0 Å². The molecule has 0 fully saturated rings. The zero-order valence-corrected chi connectivity index (χ0v) is 11.4. The predicted molar refractivity (Wildman–Crippen MR) is 70.3 cm³/mol. The third-order valence-corrected chi connectivity index (χ3v) is 3.17. The molecule has 0 unspecified atom stereocenters. The molecule has 0 radical (unpaired) electrons. The van der Waals surface area contributed by atoms with Gasteiger partial charge in [-0.05, 0) is 27.6 Å². The number of aromatic nitrogens is 3. The number of aromatic amines is 1. The zero-order valence-electron chi connectivity index (χ0n) is 9.81. The molecule has 5 nitrogen and oxygen atoms in total. The smallest absolute Gasteiger partial charge is 0.265 e. The summed E-state index contributed by atoms with van der Waals surface area (Å²) >= 11 is 3.20. The number of rotatable bonds is 4. The highest BCUT2D eigenvalue weighted by molar-refractivity contribution is 9.10. The van der Waals surface area contributed by atoms with Gasteiger partial charge in [-0.1, -0.05) is 6.07 Å². The van der Waals surface area contributed by atoms with E-state index in [0.717, 1.165) is 5.56 Å². The van der Waals surface area contributed by atoms with Crippen LogP contribution in [0.2, 0.25) is 0 Å². The average molecular weight is 310 g/mol. The summed E-state index contributed by atoms with van der Waals surface area (Å²) in [5, 5.41) is 0. The summed E-state index contributed by atoms with van der Waals surface area (Å²) in [6.45, 7) is 0.296. The Labute approximate surface area is 112 Å². The van der Waals surface area contributed by atoms with Crippen molar-refractivity contribution >= 4 is 15.9 Å². The quantitative estimate of drug-likeness (QED) is 0.932. The highest BCUT2D eigenvalue weighted by Gasteiger charge is 2.09. The lowest BCUT2D eigenvalue weighted by Gasteiger charge is -2.05. The molecule has 0 spiro atoms. The van der Waals surface area contributed by atoms with Crippen LogP contribution in [0.4, 0.5) is 0 Å². The van der Waals surface area contributed by atoms with Gasteiger partial charge in [0.2, 0.25) is 0 Å². The first-order valence-electron chi connectivity index (χ1n) is 5.36. The lowest BCUT2D eigenvalue weighted by molar-refractivity contribution is 0.180. The van der Waals surface area contributed by atoms with Gasteiger partial charge in [0.25, 0.3) is 5.56 Å². The van der Waals surface area contributed by atoms with E-state index in [1.807, 2.05) is 12.1 Å². The fraction of sp³-hybridized carbons (Fsp3) is 0.250. The number of hydrogen-bond acceptors (Lipinski definition) is 4. The predicted octanol–water partition coefficient (Wildman–Crippen LogP) is 1.66. The minimum atomic E-state index is -0.198. The SMILES string of the molecule is COCc1nc(Cc2cccnc2)[nH]c(=O)c1Br. The molecule has 18 heavy (non-hydrogen) atoms. The van der Waals surface area contributed by atoms with Gasteiger partial charge >= 0.3 is 0 Å². The third-order valence-electron chi connectivity index (χ3n) is 2.36. The van der Waals surface area contributed by atoms with Crippen LogP contribution in [-0.4, -0.2) is 22.1 Å². The molecule has 0 aliphatic carbocycles. The Bertz CT molecular complexity index is 584. The molecule has 0 atom stereocenters. The van der Waals surface area contributed by atoms with Gasteiger partial charge in [-0.2, -0.15) is 0 Å². The monoisotopic (exact) mass is 309 g/mol. The number of H-pyrrole nitrogens is 1. The largest absolute Gasteiger partial charge is 0.378 e. The molecular formula is C12H12BrN3O2. The Morgan fingerprint density at radius 3 is 3.00 bits per heavy atom. The summed E-state index contributed by atoms with van der Waals surface area (Å²) in [6.07, 6.45) is 3.99. The van der Waals surface area contributed by atoms with Crippen molar-refractivity contribution in [1.82, 2.24) is 15.0 Å². The van der Waals surface area contributed by atoms with Crippen LogP contribution >= 0.6 is 15.9 Å². The molecule has 6 heteroatoms. The molecule has 2 aromatic rings. The fourth-order valence-corrected chi connectivity index (χ4v) is 1.87. The van der Waals surface area contributed by atoms with Gasteiger partial charge in [-0.3, -0.25) is 9.78 Å². The van der Waals surface area contributed by atoms with E-state index < -0.39 is 0 Å². The molecule has 94 valence electrons. The summed E-state index contributed by atoms with van der Waals surface area (Å²) < 4.78 is 5.43. The number of nitrogens with one attached hydrogen (secondary N) is 1. The Hall–Kier alpha value is -1.53. The minimum absolute atomic E-state index is 0.198. The second kappa shape index (κ2) is 5.88. The van der Waals surface area contributed by atoms with E-state index in [-0.39, 0.29) is 5.56 Å². The zero-order chi connectivity index (χ0) is 13.0. The van der Waals surface area contributed by atoms with Gasteiger partial charge in [-0.25, -0.2) is 4.98 Å². The van der Waals surface area contributed by atoms with Gasteiger partial charge in [-0.15, -0.1) is 0 Å². The van der Waals surface area contributed by atoms with E-state index in [9.17, 15) is 4.79 Å². The van der Waals surface area contributed by atoms with Gasteiger partial charge in [0.15, 0.2) is 0 Å². The van der Waals surface area contributed by atoms with Crippen LogP contribution in [0.1, 0.15) is 17.1 Å². The number of halogens is 1. The minimum Gasteiger partial charge on any atom is -0.378 e. The fourth-order valence-electron chi connectivity index (χ4n) is 1.57. The van der Waals surface area contributed by atoms with Gasteiger partial charge in [0, 0.05) is 25.9 Å².